The van der Waals surface area contributed by atoms with Gasteiger partial charge in [-0.2, -0.15) is 0 Å². The van der Waals surface area contributed by atoms with Gasteiger partial charge in [-0.3, -0.25) is 4.79 Å². The SMILES string of the molecule is CC1(C)CCCNC1C(=O)NCc1ccc(F)c(Cl)c1. The van der Waals surface area contributed by atoms with E-state index in [1.807, 2.05) is 0 Å². The van der Waals surface area contributed by atoms with E-state index in [-0.39, 0.29) is 22.4 Å². The second kappa shape index (κ2) is 6.10. The van der Waals surface area contributed by atoms with Crippen LogP contribution in [0.5, 0.6) is 0 Å². The van der Waals surface area contributed by atoms with Crippen LogP contribution >= 0.6 is 11.6 Å². The Labute approximate surface area is 123 Å². The number of rotatable bonds is 3. The van der Waals surface area contributed by atoms with Crippen LogP contribution in [0.4, 0.5) is 4.39 Å². The standard InChI is InChI=1S/C15H20ClFN2O/c1-15(2)6-3-7-18-13(15)14(20)19-9-10-4-5-12(17)11(16)8-10/h4-5,8,13,18H,3,6-7,9H2,1-2H3,(H,19,20). The van der Waals surface area contributed by atoms with Crippen molar-refractivity contribution >= 4 is 17.5 Å². The summed E-state index contributed by atoms with van der Waals surface area (Å²) in [4.78, 5) is 12.3. The van der Waals surface area contributed by atoms with Crippen LogP contribution in [0.2, 0.25) is 5.02 Å². The Balaban J connectivity index is 1.96. The molecule has 1 aliphatic rings. The van der Waals surface area contributed by atoms with Crippen LogP contribution < -0.4 is 10.6 Å². The fraction of sp³-hybridized carbons (Fsp3) is 0.533. The third kappa shape index (κ3) is 3.49. The van der Waals surface area contributed by atoms with E-state index in [9.17, 15) is 9.18 Å². The summed E-state index contributed by atoms with van der Waals surface area (Å²) in [5.41, 5.74) is 0.737. The first-order valence-electron chi connectivity index (χ1n) is 6.85. The molecule has 2 N–H and O–H groups in total. The smallest absolute Gasteiger partial charge is 0.237 e. The van der Waals surface area contributed by atoms with E-state index < -0.39 is 5.82 Å². The van der Waals surface area contributed by atoms with Crippen molar-refractivity contribution in [3.05, 3.63) is 34.6 Å². The highest BCUT2D eigenvalue weighted by Crippen LogP contribution is 2.30. The monoisotopic (exact) mass is 298 g/mol. The van der Waals surface area contributed by atoms with Gasteiger partial charge in [-0.15, -0.1) is 0 Å². The van der Waals surface area contributed by atoms with Gasteiger partial charge < -0.3 is 10.6 Å². The number of nitrogens with one attached hydrogen (secondary N) is 2. The third-order valence-electron chi connectivity index (χ3n) is 3.84. The molecule has 0 aromatic heterocycles. The van der Waals surface area contributed by atoms with Gasteiger partial charge in [-0.1, -0.05) is 31.5 Å². The van der Waals surface area contributed by atoms with Gasteiger partial charge in [0.2, 0.25) is 5.91 Å². The van der Waals surface area contributed by atoms with Crippen molar-refractivity contribution in [3.8, 4) is 0 Å². The summed E-state index contributed by atoms with van der Waals surface area (Å²) in [6, 6.07) is 4.29. The minimum Gasteiger partial charge on any atom is -0.351 e. The zero-order valence-electron chi connectivity index (χ0n) is 11.8. The fourth-order valence-electron chi connectivity index (χ4n) is 2.60. The number of hydrogen-bond acceptors (Lipinski definition) is 2. The summed E-state index contributed by atoms with van der Waals surface area (Å²) in [6.07, 6.45) is 2.12. The average molecular weight is 299 g/mol. The molecule has 20 heavy (non-hydrogen) atoms. The second-order valence-electron chi connectivity index (χ2n) is 5.95. The van der Waals surface area contributed by atoms with Gasteiger partial charge in [0.25, 0.3) is 0 Å². The normalized spacial score (nSPS) is 21.5. The van der Waals surface area contributed by atoms with Crippen LogP contribution in [0.15, 0.2) is 18.2 Å². The molecule has 3 nitrogen and oxygen atoms in total. The molecular weight excluding hydrogens is 279 g/mol. The topological polar surface area (TPSA) is 41.1 Å². The molecule has 1 heterocycles. The molecule has 1 atom stereocenters. The predicted molar refractivity (Wildman–Crippen MR) is 78.1 cm³/mol. The van der Waals surface area contributed by atoms with Gasteiger partial charge in [0.1, 0.15) is 5.82 Å². The maximum absolute atomic E-state index is 13.1. The second-order valence-corrected chi connectivity index (χ2v) is 6.35. The molecule has 1 aromatic rings. The maximum atomic E-state index is 13.1. The van der Waals surface area contributed by atoms with E-state index in [0.29, 0.717) is 6.54 Å². The van der Waals surface area contributed by atoms with Gasteiger partial charge in [0.05, 0.1) is 11.1 Å². The first-order valence-corrected chi connectivity index (χ1v) is 7.23. The van der Waals surface area contributed by atoms with E-state index in [1.54, 1.807) is 6.07 Å². The van der Waals surface area contributed by atoms with Crippen molar-refractivity contribution in [3.63, 3.8) is 0 Å². The van der Waals surface area contributed by atoms with Gasteiger partial charge in [0.15, 0.2) is 0 Å². The number of carbonyl (C=O) groups is 1. The third-order valence-corrected chi connectivity index (χ3v) is 4.13. The molecular formula is C15H20ClFN2O. The van der Waals surface area contributed by atoms with Crippen LogP contribution in [0.25, 0.3) is 0 Å². The first kappa shape index (κ1) is 15.3. The Kier molecular flexibility index (Phi) is 4.66. The molecule has 1 aliphatic heterocycles. The molecule has 1 fully saturated rings. The molecule has 2 rings (SSSR count). The lowest BCUT2D eigenvalue weighted by atomic mass is 9.77. The fourth-order valence-corrected chi connectivity index (χ4v) is 2.80. The molecule has 5 heteroatoms. The van der Waals surface area contributed by atoms with Crippen LogP contribution in [-0.2, 0) is 11.3 Å². The summed E-state index contributed by atoms with van der Waals surface area (Å²) < 4.78 is 13.1. The van der Waals surface area contributed by atoms with E-state index in [1.165, 1.54) is 12.1 Å². The first-order chi connectivity index (χ1) is 9.40. The highest BCUT2D eigenvalue weighted by Gasteiger charge is 2.36. The van der Waals surface area contributed by atoms with Gasteiger partial charge in [0, 0.05) is 6.54 Å². The highest BCUT2D eigenvalue weighted by atomic mass is 35.5. The van der Waals surface area contributed by atoms with Crippen LogP contribution in [-0.4, -0.2) is 18.5 Å². The summed E-state index contributed by atoms with van der Waals surface area (Å²) in [5.74, 6) is -0.466. The highest BCUT2D eigenvalue weighted by molar-refractivity contribution is 6.30. The van der Waals surface area contributed by atoms with Crippen molar-refractivity contribution in [2.45, 2.75) is 39.3 Å². The zero-order valence-corrected chi connectivity index (χ0v) is 12.6. The number of halogens is 2. The molecule has 1 unspecified atom stereocenters. The summed E-state index contributed by atoms with van der Waals surface area (Å²) in [5, 5.41) is 6.23. The van der Waals surface area contributed by atoms with Gasteiger partial charge in [-0.05, 0) is 42.5 Å². The molecule has 0 radical (unpaired) electrons. The Hall–Kier alpha value is -1.13. The summed E-state index contributed by atoms with van der Waals surface area (Å²) in [6.45, 7) is 5.41. The number of carbonyl (C=O) groups excluding carboxylic acids is 1. The lowest BCUT2D eigenvalue weighted by Gasteiger charge is -2.38. The summed E-state index contributed by atoms with van der Waals surface area (Å²) >= 11 is 5.72. The number of hydrogen-bond donors (Lipinski definition) is 2. The van der Waals surface area contributed by atoms with E-state index in [4.69, 9.17) is 11.6 Å². The van der Waals surface area contributed by atoms with Gasteiger partial charge >= 0.3 is 0 Å². The van der Waals surface area contributed by atoms with E-state index in [0.717, 1.165) is 24.9 Å². The molecule has 110 valence electrons. The Morgan fingerprint density at radius 2 is 2.30 bits per heavy atom. The van der Waals surface area contributed by atoms with Crippen LogP contribution in [0.3, 0.4) is 0 Å². The maximum Gasteiger partial charge on any atom is 0.237 e. The number of piperidine rings is 1. The lowest BCUT2D eigenvalue weighted by molar-refractivity contribution is -0.126. The van der Waals surface area contributed by atoms with Crippen molar-refractivity contribution < 1.29 is 9.18 Å². The molecule has 1 saturated heterocycles. The number of amides is 1. The van der Waals surface area contributed by atoms with Crippen molar-refractivity contribution in [2.75, 3.05) is 6.54 Å². The Bertz CT molecular complexity index is 505. The summed E-state index contributed by atoms with van der Waals surface area (Å²) in [7, 11) is 0. The van der Waals surface area contributed by atoms with Gasteiger partial charge in [-0.25, -0.2) is 4.39 Å². The van der Waals surface area contributed by atoms with Crippen molar-refractivity contribution in [2.24, 2.45) is 5.41 Å². The molecule has 0 spiro atoms. The van der Waals surface area contributed by atoms with E-state index in [2.05, 4.69) is 24.5 Å². The Morgan fingerprint density at radius 1 is 1.55 bits per heavy atom. The van der Waals surface area contributed by atoms with E-state index >= 15 is 0 Å². The minimum absolute atomic E-state index is 0.0184. The largest absolute Gasteiger partial charge is 0.351 e. The number of benzene rings is 1. The minimum atomic E-state index is -0.447. The van der Waals surface area contributed by atoms with Crippen LogP contribution in [0, 0.1) is 11.2 Å². The molecule has 0 saturated carbocycles. The average Bonchev–Trinajstić information content (AvgIpc) is 2.39. The molecule has 1 aromatic carbocycles. The van der Waals surface area contributed by atoms with Crippen LogP contribution in [0.1, 0.15) is 32.3 Å². The zero-order chi connectivity index (χ0) is 14.8. The lowest BCUT2D eigenvalue weighted by Crippen LogP contribution is -2.55. The Morgan fingerprint density at radius 3 is 2.95 bits per heavy atom. The van der Waals surface area contributed by atoms with Crippen molar-refractivity contribution in [1.82, 2.24) is 10.6 Å². The quantitative estimate of drug-likeness (QED) is 0.901. The predicted octanol–water partition coefficient (Wildman–Crippen LogP) is 2.87. The molecule has 0 aliphatic carbocycles. The molecule has 1 amide bonds. The van der Waals surface area contributed by atoms with Crippen molar-refractivity contribution in [1.29, 1.82) is 0 Å². The molecule has 0 bridgehead atoms.